The first-order valence-corrected chi connectivity index (χ1v) is 3.54. The minimum absolute atomic E-state index is 0.459. The van der Waals surface area contributed by atoms with Crippen molar-refractivity contribution in [3.8, 4) is 0 Å². The fourth-order valence-electron chi connectivity index (χ4n) is 1.83. The highest BCUT2D eigenvalue weighted by molar-refractivity contribution is 5.80. The molecular formula is C8H10O. The average molecular weight is 122 g/mol. The number of carbonyl (C=O) groups is 1. The van der Waals surface area contributed by atoms with Crippen molar-refractivity contribution in [2.75, 3.05) is 0 Å². The topological polar surface area (TPSA) is 17.1 Å². The van der Waals surface area contributed by atoms with Crippen molar-refractivity contribution in [2.45, 2.75) is 19.3 Å². The molecule has 0 aromatic rings. The molecule has 0 aliphatic heterocycles. The Morgan fingerprint density at radius 1 is 1.22 bits per heavy atom. The van der Waals surface area contributed by atoms with Crippen LogP contribution in [0.25, 0.3) is 0 Å². The summed E-state index contributed by atoms with van der Waals surface area (Å²) in [4.78, 5) is 10.9. The van der Waals surface area contributed by atoms with Gasteiger partial charge in [0.25, 0.3) is 0 Å². The summed E-state index contributed by atoms with van der Waals surface area (Å²) in [5.41, 5.74) is 0. The molecular weight excluding hydrogens is 112 g/mol. The molecule has 0 aromatic heterocycles. The number of fused-ring (bicyclic) bond motifs is 2. The van der Waals surface area contributed by atoms with Crippen LogP contribution >= 0.6 is 0 Å². The van der Waals surface area contributed by atoms with E-state index in [0.29, 0.717) is 17.6 Å². The first kappa shape index (κ1) is 5.21. The van der Waals surface area contributed by atoms with Crippen molar-refractivity contribution >= 4 is 5.78 Å². The third kappa shape index (κ3) is 0.805. The molecule has 1 saturated carbocycles. The van der Waals surface area contributed by atoms with Crippen molar-refractivity contribution in [2.24, 2.45) is 11.8 Å². The fraction of sp³-hybridized carbons (Fsp3) is 0.625. The molecule has 0 amide bonds. The van der Waals surface area contributed by atoms with Crippen molar-refractivity contribution in [1.82, 2.24) is 0 Å². The Morgan fingerprint density at radius 2 is 1.78 bits per heavy atom. The molecule has 1 fully saturated rings. The van der Waals surface area contributed by atoms with Crippen molar-refractivity contribution in [3.63, 3.8) is 0 Å². The van der Waals surface area contributed by atoms with E-state index in [1.807, 2.05) is 0 Å². The van der Waals surface area contributed by atoms with Crippen LogP contribution in [0.1, 0.15) is 19.3 Å². The first-order chi connectivity index (χ1) is 4.34. The summed E-state index contributed by atoms with van der Waals surface area (Å²) >= 11 is 0. The Bertz CT molecular complexity index is 153. The summed E-state index contributed by atoms with van der Waals surface area (Å²) in [6, 6.07) is 0. The molecule has 2 aliphatic carbocycles. The molecule has 0 unspecified atom stereocenters. The van der Waals surface area contributed by atoms with Gasteiger partial charge in [-0.15, -0.1) is 0 Å². The summed E-state index contributed by atoms with van der Waals surface area (Å²) in [5, 5.41) is 0. The molecule has 9 heavy (non-hydrogen) atoms. The van der Waals surface area contributed by atoms with Gasteiger partial charge < -0.3 is 0 Å². The Labute approximate surface area is 54.8 Å². The number of hydrogen-bond donors (Lipinski definition) is 0. The van der Waals surface area contributed by atoms with Gasteiger partial charge in [-0.05, 0) is 18.3 Å². The number of allylic oxidation sites excluding steroid dienone is 2. The maximum atomic E-state index is 10.9. The van der Waals surface area contributed by atoms with E-state index in [1.54, 1.807) is 0 Å². The van der Waals surface area contributed by atoms with Crippen molar-refractivity contribution < 1.29 is 4.79 Å². The van der Waals surface area contributed by atoms with Gasteiger partial charge in [-0.1, -0.05) is 12.2 Å². The summed E-state index contributed by atoms with van der Waals surface area (Å²) < 4.78 is 0. The highest BCUT2D eigenvalue weighted by Crippen LogP contribution is 2.34. The first-order valence-electron chi connectivity index (χ1n) is 3.54. The zero-order chi connectivity index (χ0) is 6.27. The van der Waals surface area contributed by atoms with Crippen molar-refractivity contribution in [3.05, 3.63) is 12.2 Å². The van der Waals surface area contributed by atoms with Crippen LogP contribution in [0.4, 0.5) is 0 Å². The highest BCUT2D eigenvalue weighted by atomic mass is 16.1. The van der Waals surface area contributed by atoms with Crippen LogP contribution in [0.5, 0.6) is 0 Å². The van der Waals surface area contributed by atoms with Crippen LogP contribution in [0.15, 0.2) is 12.2 Å². The van der Waals surface area contributed by atoms with Gasteiger partial charge in [-0.2, -0.15) is 0 Å². The summed E-state index contributed by atoms with van der Waals surface area (Å²) in [6.45, 7) is 0. The van der Waals surface area contributed by atoms with Crippen molar-refractivity contribution in [1.29, 1.82) is 0 Å². The zero-order valence-electron chi connectivity index (χ0n) is 5.34. The number of Topliss-reactive ketones (excluding diaryl/α,β-unsaturated/α-hetero) is 1. The van der Waals surface area contributed by atoms with E-state index in [9.17, 15) is 4.79 Å². The van der Waals surface area contributed by atoms with Gasteiger partial charge in [0.1, 0.15) is 5.78 Å². The molecule has 2 aliphatic rings. The molecule has 48 valence electrons. The van der Waals surface area contributed by atoms with E-state index in [0.717, 1.165) is 12.8 Å². The van der Waals surface area contributed by atoms with Crippen LogP contribution in [0.2, 0.25) is 0 Å². The molecule has 2 rings (SSSR count). The monoisotopic (exact) mass is 122 g/mol. The smallest absolute Gasteiger partial charge is 0.134 e. The standard InChI is InChI=1S/C8H10O/c9-8-4-6-1-2-7(3-6)5-8/h1-2,6-7H,3-5H2/t6-,7-/m1/s1. The molecule has 0 saturated heterocycles. The molecule has 0 heterocycles. The third-order valence-corrected chi connectivity index (χ3v) is 2.24. The lowest BCUT2D eigenvalue weighted by atomic mass is 9.87. The fourth-order valence-corrected chi connectivity index (χ4v) is 1.83. The Balaban J connectivity index is 2.18. The quantitative estimate of drug-likeness (QED) is 0.445. The maximum Gasteiger partial charge on any atom is 0.134 e. The minimum Gasteiger partial charge on any atom is -0.300 e. The van der Waals surface area contributed by atoms with E-state index >= 15 is 0 Å². The normalized spacial score (nSPS) is 39.8. The summed E-state index contributed by atoms with van der Waals surface area (Å²) in [7, 11) is 0. The Morgan fingerprint density at radius 3 is 2.33 bits per heavy atom. The molecule has 0 aromatic carbocycles. The third-order valence-electron chi connectivity index (χ3n) is 2.24. The predicted octanol–water partition coefficient (Wildman–Crippen LogP) is 1.54. The largest absolute Gasteiger partial charge is 0.300 e. The molecule has 0 spiro atoms. The van der Waals surface area contributed by atoms with Gasteiger partial charge in [0.15, 0.2) is 0 Å². The second-order valence-electron chi connectivity index (χ2n) is 3.09. The number of carbonyl (C=O) groups excluding carboxylic acids is 1. The molecule has 2 bridgehead atoms. The van der Waals surface area contributed by atoms with Crippen LogP contribution in [-0.2, 0) is 4.79 Å². The second kappa shape index (κ2) is 1.69. The predicted molar refractivity (Wildman–Crippen MR) is 35.0 cm³/mol. The van der Waals surface area contributed by atoms with E-state index in [-0.39, 0.29) is 0 Å². The van der Waals surface area contributed by atoms with Gasteiger partial charge in [-0.25, -0.2) is 0 Å². The van der Waals surface area contributed by atoms with Gasteiger partial charge in [-0.3, -0.25) is 4.79 Å². The second-order valence-corrected chi connectivity index (χ2v) is 3.09. The van der Waals surface area contributed by atoms with E-state index < -0.39 is 0 Å². The molecule has 2 atom stereocenters. The lowest BCUT2D eigenvalue weighted by Crippen LogP contribution is -2.15. The zero-order valence-corrected chi connectivity index (χ0v) is 5.34. The van der Waals surface area contributed by atoms with E-state index in [1.165, 1.54) is 6.42 Å². The van der Waals surface area contributed by atoms with E-state index in [2.05, 4.69) is 12.2 Å². The van der Waals surface area contributed by atoms with Crippen LogP contribution < -0.4 is 0 Å². The van der Waals surface area contributed by atoms with Crippen LogP contribution in [-0.4, -0.2) is 5.78 Å². The number of ketones is 1. The summed E-state index contributed by atoms with van der Waals surface area (Å²) in [5.74, 6) is 1.67. The Kier molecular flexibility index (Phi) is 0.981. The van der Waals surface area contributed by atoms with Gasteiger partial charge >= 0.3 is 0 Å². The van der Waals surface area contributed by atoms with Gasteiger partial charge in [0.2, 0.25) is 0 Å². The SMILES string of the molecule is O=C1C[C@@H]2C=C[C@@H](C1)C2. The average Bonchev–Trinajstić information content (AvgIpc) is 2.11. The number of rotatable bonds is 0. The van der Waals surface area contributed by atoms with Crippen LogP contribution in [0, 0.1) is 11.8 Å². The van der Waals surface area contributed by atoms with Crippen LogP contribution in [0.3, 0.4) is 0 Å². The molecule has 0 radical (unpaired) electrons. The maximum absolute atomic E-state index is 10.9. The molecule has 1 nitrogen and oxygen atoms in total. The lowest BCUT2D eigenvalue weighted by molar-refractivity contribution is -0.121. The summed E-state index contributed by atoms with van der Waals surface area (Å²) in [6.07, 6.45) is 7.27. The van der Waals surface area contributed by atoms with Gasteiger partial charge in [0.05, 0.1) is 0 Å². The Hall–Kier alpha value is -0.590. The molecule has 0 N–H and O–H groups in total. The van der Waals surface area contributed by atoms with E-state index in [4.69, 9.17) is 0 Å². The lowest BCUT2D eigenvalue weighted by Gasteiger charge is -2.16. The van der Waals surface area contributed by atoms with Gasteiger partial charge in [0, 0.05) is 12.8 Å². The molecule has 1 heteroatoms. The number of hydrogen-bond acceptors (Lipinski definition) is 1. The highest BCUT2D eigenvalue weighted by Gasteiger charge is 2.28. The minimum atomic E-state index is 0.459.